The Bertz CT molecular complexity index is 788. The summed E-state index contributed by atoms with van der Waals surface area (Å²) in [6.07, 6.45) is 1.72. The average Bonchev–Trinajstić information content (AvgIpc) is 3.03. The molecule has 5 nitrogen and oxygen atoms in total. The van der Waals surface area contributed by atoms with E-state index in [9.17, 15) is 0 Å². The van der Waals surface area contributed by atoms with Gasteiger partial charge in [0.1, 0.15) is 0 Å². The molecular formula is C16H14ClN5S. The maximum atomic E-state index is 6.13. The molecule has 0 amide bonds. The lowest BCUT2D eigenvalue weighted by Crippen LogP contribution is -1.92. The van der Waals surface area contributed by atoms with Gasteiger partial charge in [-0.3, -0.25) is 0 Å². The monoisotopic (exact) mass is 343 g/mol. The van der Waals surface area contributed by atoms with Crippen molar-refractivity contribution in [3.05, 3.63) is 70.7 Å². The first-order valence-electron chi connectivity index (χ1n) is 6.94. The SMILES string of the molecule is Clc1ccccc1CSc1n[nH]c(N/N=C\c2ccccc2)n1. The largest absolute Gasteiger partial charge is 0.246 e. The minimum atomic E-state index is 0.499. The fourth-order valence-corrected chi connectivity index (χ4v) is 2.91. The first-order chi connectivity index (χ1) is 11.3. The van der Waals surface area contributed by atoms with E-state index in [1.165, 1.54) is 11.8 Å². The van der Waals surface area contributed by atoms with Gasteiger partial charge in [-0.2, -0.15) is 10.1 Å². The van der Waals surface area contributed by atoms with Crippen molar-refractivity contribution >= 4 is 35.5 Å². The minimum absolute atomic E-state index is 0.499. The van der Waals surface area contributed by atoms with Crippen LogP contribution in [0.1, 0.15) is 11.1 Å². The van der Waals surface area contributed by atoms with E-state index in [4.69, 9.17) is 11.6 Å². The van der Waals surface area contributed by atoms with Crippen molar-refractivity contribution in [3.63, 3.8) is 0 Å². The van der Waals surface area contributed by atoms with Gasteiger partial charge in [0, 0.05) is 10.8 Å². The number of aromatic amines is 1. The maximum Gasteiger partial charge on any atom is 0.240 e. The Morgan fingerprint density at radius 2 is 1.91 bits per heavy atom. The first-order valence-corrected chi connectivity index (χ1v) is 8.30. The summed E-state index contributed by atoms with van der Waals surface area (Å²) in [5, 5.41) is 12.4. The third-order valence-electron chi connectivity index (χ3n) is 2.96. The molecule has 0 aliphatic rings. The molecule has 0 fully saturated rings. The summed E-state index contributed by atoms with van der Waals surface area (Å²) in [7, 11) is 0. The lowest BCUT2D eigenvalue weighted by molar-refractivity contribution is 0.972. The van der Waals surface area contributed by atoms with Crippen molar-refractivity contribution in [2.45, 2.75) is 10.9 Å². The molecule has 0 radical (unpaired) electrons. The van der Waals surface area contributed by atoms with E-state index >= 15 is 0 Å². The second-order valence-corrected chi connectivity index (χ2v) is 5.98. The summed E-state index contributed by atoms with van der Waals surface area (Å²) < 4.78 is 0. The van der Waals surface area contributed by atoms with Gasteiger partial charge in [-0.25, -0.2) is 10.5 Å². The number of nitrogens with zero attached hydrogens (tertiary/aromatic N) is 3. The number of nitrogens with one attached hydrogen (secondary N) is 2. The van der Waals surface area contributed by atoms with Crippen molar-refractivity contribution in [3.8, 4) is 0 Å². The van der Waals surface area contributed by atoms with Gasteiger partial charge >= 0.3 is 0 Å². The topological polar surface area (TPSA) is 66.0 Å². The molecule has 0 saturated heterocycles. The van der Waals surface area contributed by atoms with E-state index in [1.54, 1.807) is 6.21 Å². The van der Waals surface area contributed by atoms with Crippen molar-refractivity contribution in [2.24, 2.45) is 5.10 Å². The van der Waals surface area contributed by atoms with Crippen LogP contribution in [0.3, 0.4) is 0 Å². The number of halogens is 1. The van der Waals surface area contributed by atoms with Gasteiger partial charge < -0.3 is 0 Å². The summed E-state index contributed by atoms with van der Waals surface area (Å²) in [6, 6.07) is 17.6. The predicted octanol–water partition coefficient (Wildman–Crippen LogP) is 4.20. The molecule has 0 aliphatic heterocycles. The van der Waals surface area contributed by atoms with Crippen LogP contribution in [-0.4, -0.2) is 21.4 Å². The summed E-state index contributed by atoms with van der Waals surface area (Å²) in [5.41, 5.74) is 4.89. The fraction of sp³-hybridized carbons (Fsp3) is 0.0625. The molecule has 0 aliphatic carbocycles. The van der Waals surface area contributed by atoms with E-state index < -0.39 is 0 Å². The highest BCUT2D eigenvalue weighted by atomic mass is 35.5. The number of hydrogen-bond acceptors (Lipinski definition) is 5. The first kappa shape index (κ1) is 15.6. The Labute approximate surface area is 143 Å². The molecule has 23 heavy (non-hydrogen) atoms. The highest BCUT2D eigenvalue weighted by Gasteiger charge is 2.05. The number of hydrogen-bond donors (Lipinski definition) is 2. The van der Waals surface area contributed by atoms with E-state index in [0.29, 0.717) is 16.9 Å². The Morgan fingerprint density at radius 3 is 2.74 bits per heavy atom. The maximum absolute atomic E-state index is 6.13. The molecule has 3 aromatic rings. The zero-order valence-corrected chi connectivity index (χ0v) is 13.7. The predicted molar refractivity (Wildman–Crippen MR) is 95.1 cm³/mol. The molecule has 116 valence electrons. The average molecular weight is 344 g/mol. The van der Waals surface area contributed by atoms with Gasteiger partial charge in [0.2, 0.25) is 11.1 Å². The molecule has 2 N–H and O–H groups in total. The van der Waals surface area contributed by atoms with Gasteiger partial charge in [0.15, 0.2) is 0 Å². The lowest BCUT2D eigenvalue weighted by Gasteiger charge is -2.00. The number of rotatable bonds is 6. The third-order valence-corrected chi connectivity index (χ3v) is 4.23. The second kappa shape index (κ2) is 7.80. The Hall–Kier alpha value is -2.31. The van der Waals surface area contributed by atoms with E-state index in [2.05, 4.69) is 25.7 Å². The molecule has 0 atom stereocenters. The fourth-order valence-electron chi connectivity index (χ4n) is 1.83. The molecular weight excluding hydrogens is 330 g/mol. The van der Waals surface area contributed by atoms with Crippen LogP contribution >= 0.6 is 23.4 Å². The van der Waals surface area contributed by atoms with Crippen LogP contribution in [0.5, 0.6) is 0 Å². The third kappa shape index (κ3) is 4.58. The number of H-pyrrole nitrogens is 1. The number of thioether (sulfide) groups is 1. The summed E-state index contributed by atoms with van der Waals surface area (Å²) in [6.45, 7) is 0. The van der Waals surface area contributed by atoms with Gasteiger partial charge in [-0.15, -0.1) is 5.10 Å². The van der Waals surface area contributed by atoms with E-state index in [-0.39, 0.29) is 0 Å². The Kier molecular flexibility index (Phi) is 5.29. The molecule has 1 aromatic heterocycles. The van der Waals surface area contributed by atoms with Gasteiger partial charge in [-0.1, -0.05) is 71.9 Å². The van der Waals surface area contributed by atoms with Crippen molar-refractivity contribution < 1.29 is 0 Å². The van der Waals surface area contributed by atoms with Crippen molar-refractivity contribution in [1.82, 2.24) is 15.2 Å². The molecule has 1 heterocycles. The molecule has 0 bridgehead atoms. The number of benzene rings is 2. The molecule has 7 heteroatoms. The quantitative estimate of drug-likeness (QED) is 0.400. The molecule has 0 unspecified atom stereocenters. The van der Waals surface area contributed by atoms with Gasteiger partial charge in [-0.05, 0) is 17.2 Å². The van der Waals surface area contributed by atoms with Crippen LogP contribution in [0.2, 0.25) is 5.02 Å². The zero-order valence-electron chi connectivity index (χ0n) is 12.1. The highest BCUT2D eigenvalue weighted by molar-refractivity contribution is 7.98. The summed E-state index contributed by atoms with van der Waals surface area (Å²) in [5.74, 6) is 1.21. The van der Waals surface area contributed by atoms with Gasteiger partial charge in [0.05, 0.1) is 6.21 Å². The van der Waals surface area contributed by atoms with Crippen LogP contribution in [0.25, 0.3) is 0 Å². The standard InChI is InChI=1S/C16H14ClN5S/c17-14-9-5-4-8-13(14)11-23-16-19-15(21-22-16)20-18-10-12-6-2-1-3-7-12/h1-10H,11H2,(H2,19,20,21,22)/b18-10-. The number of hydrazone groups is 1. The number of aromatic nitrogens is 3. The molecule has 0 saturated carbocycles. The minimum Gasteiger partial charge on any atom is -0.246 e. The van der Waals surface area contributed by atoms with Crippen LogP contribution in [0.15, 0.2) is 64.9 Å². The van der Waals surface area contributed by atoms with Crippen molar-refractivity contribution in [2.75, 3.05) is 5.43 Å². The molecule has 2 aromatic carbocycles. The van der Waals surface area contributed by atoms with E-state index in [0.717, 1.165) is 16.1 Å². The van der Waals surface area contributed by atoms with Crippen LogP contribution < -0.4 is 5.43 Å². The van der Waals surface area contributed by atoms with Gasteiger partial charge in [0.25, 0.3) is 0 Å². The van der Waals surface area contributed by atoms with Crippen molar-refractivity contribution in [1.29, 1.82) is 0 Å². The zero-order chi connectivity index (χ0) is 15.9. The number of anilines is 1. The van der Waals surface area contributed by atoms with E-state index in [1.807, 2.05) is 54.6 Å². The molecule has 3 rings (SSSR count). The smallest absolute Gasteiger partial charge is 0.240 e. The normalized spacial score (nSPS) is 11.0. The highest BCUT2D eigenvalue weighted by Crippen LogP contribution is 2.24. The lowest BCUT2D eigenvalue weighted by atomic mass is 10.2. The van der Waals surface area contributed by atoms with Crippen LogP contribution in [0, 0.1) is 0 Å². The second-order valence-electron chi connectivity index (χ2n) is 4.63. The Balaban J connectivity index is 1.54. The Morgan fingerprint density at radius 1 is 1.13 bits per heavy atom. The summed E-state index contributed by atoms with van der Waals surface area (Å²) >= 11 is 7.64. The van der Waals surface area contributed by atoms with Crippen LogP contribution in [0.4, 0.5) is 5.95 Å². The molecule has 0 spiro atoms. The summed E-state index contributed by atoms with van der Waals surface area (Å²) in [4.78, 5) is 4.31. The van der Waals surface area contributed by atoms with Crippen LogP contribution in [-0.2, 0) is 5.75 Å².